The van der Waals surface area contributed by atoms with Gasteiger partial charge in [0.15, 0.2) is 0 Å². The van der Waals surface area contributed by atoms with Crippen LogP contribution in [0.4, 0.5) is 0 Å². The monoisotopic (exact) mass is 173 g/mol. The molecule has 1 aliphatic carbocycles. The van der Waals surface area contributed by atoms with Gasteiger partial charge in [0.05, 0.1) is 0 Å². The van der Waals surface area contributed by atoms with Crippen LogP contribution in [0.1, 0.15) is 32.1 Å². The van der Waals surface area contributed by atoms with E-state index in [9.17, 15) is 0 Å². The molecule has 0 atom stereocenters. The molecule has 1 rings (SSSR count). The molecule has 0 spiro atoms. The topological polar surface area (TPSA) is 21.3 Å². The van der Waals surface area contributed by atoms with Crippen molar-refractivity contribution in [3.63, 3.8) is 0 Å². The van der Waals surface area contributed by atoms with E-state index in [1.54, 1.807) is 7.05 Å². The third kappa shape index (κ3) is 3.06. The van der Waals surface area contributed by atoms with Crippen molar-refractivity contribution in [3.05, 3.63) is 0 Å². The Balaban J connectivity index is 2.19. The van der Waals surface area contributed by atoms with Crippen molar-refractivity contribution in [1.29, 1.82) is 0 Å². The van der Waals surface area contributed by atoms with E-state index < -0.39 is 0 Å². The van der Waals surface area contributed by atoms with Crippen LogP contribution in [-0.4, -0.2) is 18.3 Å². The van der Waals surface area contributed by atoms with Gasteiger partial charge in [-0.05, 0) is 37.9 Å². The van der Waals surface area contributed by atoms with E-state index in [0.717, 1.165) is 0 Å². The second kappa shape index (κ2) is 4.54. The van der Waals surface area contributed by atoms with Gasteiger partial charge in [-0.3, -0.25) is 0 Å². The number of thiocarbonyl (C=S) groups is 1. The Hall–Kier alpha value is -0.310. The van der Waals surface area contributed by atoms with Crippen molar-refractivity contribution >= 4 is 17.4 Å². The summed E-state index contributed by atoms with van der Waals surface area (Å²) in [6.45, 7) is 0. The quantitative estimate of drug-likeness (QED) is 0.611. The fourth-order valence-corrected chi connectivity index (χ4v) is 1.53. The summed E-state index contributed by atoms with van der Waals surface area (Å²) in [6.07, 6.45) is 6.65. The zero-order chi connectivity index (χ0) is 8.10. The van der Waals surface area contributed by atoms with Crippen molar-refractivity contribution < 1.29 is 4.74 Å². The minimum absolute atomic E-state index is 0.378. The number of rotatable bonds is 1. The molecule has 1 N–H and O–H groups in total. The van der Waals surface area contributed by atoms with Crippen LogP contribution in [-0.2, 0) is 4.74 Å². The molecule has 0 saturated heterocycles. The van der Waals surface area contributed by atoms with Gasteiger partial charge in [0.25, 0.3) is 5.17 Å². The fraction of sp³-hybridized carbons (Fsp3) is 0.875. The highest BCUT2D eigenvalue weighted by atomic mass is 32.1. The van der Waals surface area contributed by atoms with Crippen LogP contribution < -0.4 is 5.32 Å². The lowest BCUT2D eigenvalue weighted by molar-refractivity contribution is 0.141. The molecular weight excluding hydrogens is 158 g/mol. The maximum absolute atomic E-state index is 5.46. The average Bonchev–Trinajstić information content (AvgIpc) is 2.06. The van der Waals surface area contributed by atoms with Gasteiger partial charge >= 0.3 is 0 Å². The molecule has 11 heavy (non-hydrogen) atoms. The molecule has 1 saturated carbocycles. The molecule has 1 aliphatic rings. The van der Waals surface area contributed by atoms with Crippen molar-refractivity contribution in [2.75, 3.05) is 7.05 Å². The predicted molar refractivity (Wildman–Crippen MR) is 49.6 cm³/mol. The molecular formula is C8H15NOS. The van der Waals surface area contributed by atoms with E-state index in [-0.39, 0.29) is 0 Å². The summed E-state index contributed by atoms with van der Waals surface area (Å²) in [5.74, 6) is 0. The maximum atomic E-state index is 5.46. The van der Waals surface area contributed by atoms with Gasteiger partial charge in [0, 0.05) is 7.05 Å². The smallest absolute Gasteiger partial charge is 0.256 e. The predicted octanol–water partition coefficient (Wildman–Crippen LogP) is 1.84. The van der Waals surface area contributed by atoms with Crippen LogP contribution in [0.25, 0.3) is 0 Å². The zero-order valence-corrected chi connectivity index (χ0v) is 7.75. The van der Waals surface area contributed by atoms with E-state index >= 15 is 0 Å². The lowest BCUT2D eigenvalue weighted by Crippen LogP contribution is -2.27. The first-order chi connectivity index (χ1) is 5.33. The van der Waals surface area contributed by atoms with Gasteiger partial charge < -0.3 is 10.1 Å². The maximum Gasteiger partial charge on any atom is 0.256 e. The van der Waals surface area contributed by atoms with Crippen molar-refractivity contribution in [1.82, 2.24) is 5.32 Å². The minimum atomic E-state index is 0.378. The Labute approximate surface area is 73.3 Å². The molecule has 1 fully saturated rings. The van der Waals surface area contributed by atoms with Crippen LogP contribution in [0.5, 0.6) is 0 Å². The van der Waals surface area contributed by atoms with E-state index in [4.69, 9.17) is 17.0 Å². The van der Waals surface area contributed by atoms with E-state index in [1.807, 2.05) is 0 Å². The Bertz CT molecular complexity index is 132. The summed E-state index contributed by atoms with van der Waals surface area (Å²) in [7, 11) is 1.80. The van der Waals surface area contributed by atoms with Crippen LogP contribution in [0, 0.1) is 0 Å². The van der Waals surface area contributed by atoms with E-state index in [2.05, 4.69) is 5.32 Å². The number of ether oxygens (including phenoxy) is 1. The third-order valence-electron chi connectivity index (χ3n) is 2.03. The summed E-state index contributed by atoms with van der Waals surface area (Å²) in [5, 5.41) is 3.36. The summed E-state index contributed by atoms with van der Waals surface area (Å²) < 4.78 is 5.46. The molecule has 0 radical (unpaired) electrons. The Morgan fingerprint density at radius 2 is 2.00 bits per heavy atom. The van der Waals surface area contributed by atoms with Gasteiger partial charge in [-0.2, -0.15) is 0 Å². The molecule has 0 amide bonds. The number of nitrogens with one attached hydrogen (secondary N) is 1. The molecule has 0 aliphatic heterocycles. The lowest BCUT2D eigenvalue weighted by Gasteiger charge is -2.22. The summed E-state index contributed by atoms with van der Waals surface area (Å²) in [6, 6.07) is 0. The molecule has 64 valence electrons. The van der Waals surface area contributed by atoms with Gasteiger partial charge in [0.2, 0.25) is 0 Å². The van der Waals surface area contributed by atoms with E-state index in [1.165, 1.54) is 32.1 Å². The van der Waals surface area contributed by atoms with Crippen LogP contribution in [0.3, 0.4) is 0 Å². The minimum Gasteiger partial charge on any atom is -0.468 e. The Kier molecular flexibility index (Phi) is 3.63. The highest BCUT2D eigenvalue weighted by molar-refractivity contribution is 7.80. The molecule has 0 aromatic heterocycles. The first-order valence-electron chi connectivity index (χ1n) is 4.21. The molecule has 0 aromatic rings. The normalized spacial score (nSPS) is 19.4. The van der Waals surface area contributed by atoms with Gasteiger partial charge in [-0.15, -0.1) is 0 Å². The van der Waals surface area contributed by atoms with Crippen LogP contribution in [0.2, 0.25) is 0 Å². The first kappa shape index (κ1) is 8.78. The van der Waals surface area contributed by atoms with Crippen molar-refractivity contribution in [2.45, 2.75) is 38.2 Å². The van der Waals surface area contributed by atoms with E-state index in [0.29, 0.717) is 11.3 Å². The Morgan fingerprint density at radius 1 is 1.36 bits per heavy atom. The van der Waals surface area contributed by atoms with Crippen molar-refractivity contribution in [3.8, 4) is 0 Å². The molecule has 2 nitrogen and oxygen atoms in total. The third-order valence-corrected chi connectivity index (χ3v) is 2.33. The molecule has 0 heterocycles. The number of hydrogen-bond donors (Lipinski definition) is 1. The molecule has 3 heteroatoms. The second-order valence-electron chi connectivity index (χ2n) is 2.92. The summed E-state index contributed by atoms with van der Waals surface area (Å²) in [5.41, 5.74) is 0. The fourth-order valence-electron chi connectivity index (χ4n) is 1.39. The van der Waals surface area contributed by atoms with Gasteiger partial charge in [0.1, 0.15) is 6.10 Å². The van der Waals surface area contributed by atoms with Gasteiger partial charge in [-0.1, -0.05) is 6.42 Å². The molecule has 0 unspecified atom stereocenters. The highest BCUT2D eigenvalue weighted by Gasteiger charge is 2.14. The Morgan fingerprint density at radius 3 is 2.55 bits per heavy atom. The first-order valence-corrected chi connectivity index (χ1v) is 4.62. The van der Waals surface area contributed by atoms with Crippen LogP contribution >= 0.6 is 12.2 Å². The average molecular weight is 173 g/mol. The second-order valence-corrected chi connectivity index (χ2v) is 3.29. The van der Waals surface area contributed by atoms with Crippen molar-refractivity contribution in [2.24, 2.45) is 0 Å². The van der Waals surface area contributed by atoms with Crippen LogP contribution in [0.15, 0.2) is 0 Å². The standard InChI is InChI=1S/C8H15NOS/c1-9-8(11)10-7-5-3-2-4-6-7/h7H,2-6H2,1H3,(H,9,11). The number of hydrogen-bond acceptors (Lipinski definition) is 2. The zero-order valence-electron chi connectivity index (χ0n) is 6.93. The SMILES string of the molecule is CNC(=S)OC1CCCCC1. The molecule has 0 bridgehead atoms. The lowest BCUT2D eigenvalue weighted by atomic mass is 9.98. The van der Waals surface area contributed by atoms with Gasteiger partial charge in [-0.25, -0.2) is 0 Å². The largest absolute Gasteiger partial charge is 0.468 e. The summed E-state index contributed by atoms with van der Waals surface area (Å²) in [4.78, 5) is 0. The highest BCUT2D eigenvalue weighted by Crippen LogP contribution is 2.20. The summed E-state index contributed by atoms with van der Waals surface area (Å²) >= 11 is 4.90. The molecule has 0 aromatic carbocycles.